The molecule has 0 aromatic heterocycles. The van der Waals surface area contributed by atoms with Crippen molar-refractivity contribution in [1.29, 1.82) is 0 Å². The summed E-state index contributed by atoms with van der Waals surface area (Å²) in [7, 11) is 0. The Morgan fingerprint density at radius 2 is 2.05 bits per heavy atom. The molecule has 0 bridgehead atoms. The van der Waals surface area contributed by atoms with Gasteiger partial charge in [0.1, 0.15) is 0 Å². The highest BCUT2D eigenvalue weighted by atomic mass is 16.4. The molecule has 1 aromatic rings. The van der Waals surface area contributed by atoms with E-state index in [9.17, 15) is 4.79 Å². The first kappa shape index (κ1) is 15.4. The first-order chi connectivity index (χ1) is 10.2. The van der Waals surface area contributed by atoms with Gasteiger partial charge in [0.05, 0.1) is 6.54 Å². The van der Waals surface area contributed by atoms with Gasteiger partial charge in [0.15, 0.2) is 5.84 Å². The van der Waals surface area contributed by atoms with Crippen LogP contribution in [-0.4, -0.2) is 34.4 Å². The Labute approximate surface area is 125 Å². The minimum absolute atomic E-state index is 0.0223. The van der Waals surface area contributed by atoms with Gasteiger partial charge in [-0.15, -0.1) is 0 Å². The topological polar surface area (TPSA) is 78.9 Å². The number of nitrogens with two attached hydrogens (primary N) is 1. The van der Waals surface area contributed by atoms with Crippen LogP contribution in [0.4, 0.5) is 0 Å². The molecule has 1 aliphatic carbocycles. The van der Waals surface area contributed by atoms with E-state index >= 15 is 0 Å². The Balaban J connectivity index is 2.28. The number of carbonyl (C=O) groups excluding carboxylic acids is 1. The standard InChI is InChI=1S/C16H23N3O2/c1-2-12-7-3-6-10-14(12)16(20)19(11-15(17)18-21)13-8-4-5-9-13/h3,6-7,10,13,21H,2,4-5,8-9,11H2,1H3,(H2,17,18). The smallest absolute Gasteiger partial charge is 0.254 e. The maximum Gasteiger partial charge on any atom is 0.254 e. The molecular formula is C16H23N3O2. The number of rotatable bonds is 5. The number of hydrogen-bond donors (Lipinski definition) is 2. The third-order valence-corrected chi connectivity index (χ3v) is 4.12. The van der Waals surface area contributed by atoms with Crippen LogP contribution in [-0.2, 0) is 6.42 Å². The lowest BCUT2D eigenvalue weighted by Crippen LogP contribution is -2.44. The lowest BCUT2D eigenvalue weighted by molar-refractivity contribution is 0.0711. The first-order valence-electron chi connectivity index (χ1n) is 7.52. The number of carbonyl (C=O) groups is 1. The number of amidine groups is 1. The Morgan fingerprint density at radius 3 is 2.67 bits per heavy atom. The minimum atomic E-state index is -0.0223. The number of oxime groups is 1. The molecule has 0 spiro atoms. The van der Waals surface area contributed by atoms with Crippen molar-refractivity contribution in [3.05, 3.63) is 35.4 Å². The molecule has 0 saturated heterocycles. The summed E-state index contributed by atoms with van der Waals surface area (Å²) in [5.74, 6) is 0.0511. The van der Waals surface area contributed by atoms with E-state index in [4.69, 9.17) is 10.9 Å². The van der Waals surface area contributed by atoms with Crippen molar-refractivity contribution in [2.45, 2.75) is 45.1 Å². The van der Waals surface area contributed by atoms with E-state index in [1.54, 1.807) is 4.90 Å². The van der Waals surface area contributed by atoms with Crippen molar-refractivity contribution < 1.29 is 10.0 Å². The van der Waals surface area contributed by atoms with Gasteiger partial charge in [0.2, 0.25) is 0 Å². The Kier molecular flexibility index (Phi) is 5.20. The summed E-state index contributed by atoms with van der Waals surface area (Å²) in [6.07, 6.45) is 5.03. The van der Waals surface area contributed by atoms with E-state index in [1.165, 1.54) is 0 Å². The molecule has 0 heterocycles. The third kappa shape index (κ3) is 3.54. The zero-order chi connectivity index (χ0) is 15.2. The monoisotopic (exact) mass is 289 g/mol. The lowest BCUT2D eigenvalue weighted by atomic mass is 10.0. The van der Waals surface area contributed by atoms with E-state index in [2.05, 4.69) is 5.16 Å². The zero-order valence-electron chi connectivity index (χ0n) is 12.5. The van der Waals surface area contributed by atoms with Gasteiger partial charge in [-0.1, -0.05) is 43.1 Å². The molecule has 5 heteroatoms. The summed E-state index contributed by atoms with van der Waals surface area (Å²) in [5, 5.41) is 11.8. The summed E-state index contributed by atoms with van der Waals surface area (Å²) in [5.41, 5.74) is 7.39. The van der Waals surface area contributed by atoms with E-state index in [1.807, 2.05) is 31.2 Å². The number of aryl methyl sites for hydroxylation is 1. The quantitative estimate of drug-likeness (QED) is 0.378. The van der Waals surface area contributed by atoms with Crippen LogP contribution in [0.15, 0.2) is 29.4 Å². The molecule has 0 radical (unpaired) electrons. The van der Waals surface area contributed by atoms with Crippen LogP contribution in [0.2, 0.25) is 0 Å². The summed E-state index contributed by atoms with van der Waals surface area (Å²) in [4.78, 5) is 14.7. The van der Waals surface area contributed by atoms with Gasteiger partial charge in [-0.05, 0) is 30.9 Å². The van der Waals surface area contributed by atoms with Gasteiger partial charge in [-0.25, -0.2) is 0 Å². The molecule has 114 valence electrons. The molecule has 5 nitrogen and oxygen atoms in total. The van der Waals surface area contributed by atoms with E-state index in [0.717, 1.165) is 43.2 Å². The van der Waals surface area contributed by atoms with Crippen molar-refractivity contribution in [3.63, 3.8) is 0 Å². The Hall–Kier alpha value is -2.04. The van der Waals surface area contributed by atoms with Gasteiger partial charge in [-0.3, -0.25) is 4.79 Å². The molecule has 0 aliphatic heterocycles. The maximum atomic E-state index is 12.9. The summed E-state index contributed by atoms with van der Waals surface area (Å²) < 4.78 is 0. The van der Waals surface area contributed by atoms with E-state index in [0.29, 0.717) is 0 Å². The molecule has 0 unspecified atom stereocenters. The molecule has 1 saturated carbocycles. The van der Waals surface area contributed by atoms with Gasteiger partial charge in [-0.2, -0.15) is 0 Å². The second-order valence-electron chi connectivity index (χ2n) is 5.47. The molecule has 1 fully saturated rings. The molecule has 1 aliphatic rings. The normalized spacial score (nSPS) is 16.1. The predicted molar refractivity (Wildman–Crippen MR) is 82.5 cm³/mol. The van der Waals surface area contributed by atoms with Gasteiger partial charge >= 0.3 is 0 Å². The number of benzene rings is 1. The van der Waals surface area contributed by atoms with Crippen LogP contribution in [0, 0.1) is 0 Å². The lowest BCUT2D eigenvalue weighted by Gasteiger charge is -2.29. The van der Waals surface area contributed by atoms with Crippen molar-refractivity contribution in [1.82, 2.24) is 4.90 Å². The maximum absolute atomic E-state index is 12.9. The summed E-state index contributed by atoms with van der Waals surface area (Å²) in [6.45, 7) is 2.22. The minimum Gasteiger partial charge on any atom is -0.409 e. The summed E-state index contributed by atoms with van der Waals surface area (Å²) >= 11 is 0. The molecule has 3 N–H and O–H groups in total. The van der Waals surface area contributed by atoms with Crippen molar-refractivity contribution in [2.24, 2.45) is 10.9 Å². The second kappa shape index (κ2) is 7.11. The van der Waals surface area contributed by atoms with Crippen molar-refractivity contribution in [3.8, 4) is 0 Å². The SMILES string of the molecule is CCc1ccccc1C(=O)N(C/C(N)=N/O)C1CCCC1. The highest BCUT2D eigenvalue weighted by Gasteiger charge is 2.29. The van der Waals surface area contributed by atoms with Crippen molar-refractivity contribution in [2.75, 3.05) is 6.54 Å². The number of nitrogens with zero attached hydrogens (tertiary/aromatic N) is 2. The number of amides is 1. The molecular weight excluding hydrogens is 266 g/mol. The van der Waals surface area contributed by atoms with Crippen LogP contribution in [0.1, 0.15) is 48.5 Å². The Morgan fingerprint density at radius 1 is 1.38 bits per heavy atom. The van der Waals surface area contributed by atoms with Crippen LogP contribution in [0.3, 0.4) is 0 Å². The van der Waals surface area contributed by atoms with Gasteiger partial charge in [0.25, 0.3) is 5.91 Å². The fraction of sp³-hybridized carbons (Fsp3) is 0.500. The van der Waals surface area contributed by atoms with Gasteiger partial charge in [0, 0.05) is 11.6 Å². The average molecular weight is 289 g/mol. The summed E-state index contributed by atoms with van der Waals surface area (Å²) in [6, 6.07) is 7.84. The van der Waals surface area contributed by atoms with Crippen LogP contribution < -0.4 is 5.73 Å². The second-order valence-corrected chi connectivity index (χ2v) is 5.47. The predicted octanol–water partition coefficient (Wildman–Crippen LogP) is 2.38. The van der Waals surface area contributed by atoms with E-state index in [-0.39, 0.29) is 24.3 Å². The molecule has 2 rings (SSSR count). The molecule has 21 heavy (non-hydrogen) atoms. The number of hydrogen-bond acceptors (Lipinski definition) is 3. The van der Waals surface area contributed by atoms with Crippen LogP contribution in [0.25, 0.3) is 0 Å². The molecule has 1 amide bonds. The first-order valence-corrected chi connectivity index (χ1v) is 7.52. The van der Waals surface area contributed by atoms with E-state index < -0.39 is 0 Å². The van der Waals surface area contributed by atoms with Crippen molar-refractivity contribution >= 4 is 11.7 Å². The zero-order valence-corrected chi connectivity index (χ0v) is 12.5. The molecule has 1 aromatic carbocycles. The largest absolute Gasteiger partial charge is 0.409 e. The van der Waals surface area contributed by atoms with Crippen LogP contribution >= 0.6 is 0 Å². The Bertz CT molecular complexity index is 522. The van der Waals surface area contributed by atoms with Crippen LogP contribution in [0.5, 0.6) is 0 Å². The molecule has 0 atom stereocenters. The van der Waals surface area contributed by atoms with Gasteiger partial charge < -0.3 is 15.8 Å². The highest BCUT2D eigenvalue weighted by molar-refractivity contribution is 5.98. The fourth-order valence-electron chi connectivity index (χ4n) is 2.98. The highest BCUT2D eigenvalue weighted by Crippen LogP contribution is 2.25. The fourth-order valence-corrected chi connectivity index (χ4v) is 2.98. The average Bonchev–Trinajstić information content (AvgIpc) is 3.05. The third-order valence-electron chi connectivity index (χ3n) is 4.12.